The number of para-hydroxylation sites is 2. The number of anilines is 6. The molecule has 0 amide bonds. The number of hydrogen-bond donors (Lipinski definition) is 0. The van der Waals surface area contributed by atoms with Gasteiger partial charge in [-0.1, -0.05) is 309 Å². The van der Waals surface area contributed by atoms with E-state index in [9.17, 15) is 0 Å². The van der Waals surface area contributed by atoms with Crippen LogP contribution in [-0.4, -0.2) is 9.13 Å². The van der Waals surface area contributed by atoms with E-state index in [1.165, 1.54) is 32.8 Å². The van der Waals surface area contributed by atoms with E-state index in [0.29, 0.717) is 0 Å². The van der Waals surface area contributed by atoms with Crippen LogP contribution in [0, 0.1) is 0 Å². The van der Waals surface area contributed by atoms with Crippen LogP contribution in [0.1, 0.15) is 0 Å². The van der Waals surface area contributed by atoms with Gasteiger partial charge in [0.25, 0.3) is 0 Å². The largest absolute Gasteiger partial charge is 0.310 e. The highest BCUT2D eigenvalue weighted by Gasteiger charge is 2.26. The molecule has 2 heterocycles. The highest BCUT2D eigenvalue weighted by atomic mass is 15.2. The molecule has 20 aromatic rings. The van der Waals surface area contributed by atoms with Crippen LogP contribution in [-0.2, 0) is 0 Å². The molecule has 0 aliphatic heterocycles. The van der Waals surface area contributed by atoms with E-state index in [1.807, 2.05) is 0 Å². The van der Waals surface area contributed by atoms with Gasteiger partial charge in [-0.3, -0.25) is 0 Å². The van der Waals surface area contributed by atoms with Crippen LogP contribution in [0.2, 0.25) is 0 Å². The predicted octanol–water partition coefficient (Wildman–Crippen LogP) is 29.8. The van der Waals surface area contributed by atoms with Gasteiger partial charge in [0, 0.05) is 67.0 Å². The van der Waals surface area contributed by atoms with Crippen molar-refractivity contribution >= 4 is 77.7 Å². The average molecular weight is 1430 g/mol. The summed E-state index contributed by atoms with van der Waals surface area (Å²) in [7, 11) is 0. The molecule has 0 spiro atoms. The van der Waals surface area contributed by atoms with Crippen molar-refractivity contribution in [3.05, 3.63) is 449 Å². The summed E-state index contributed by atoms with van der Waals surface area (Å²) >= 11 is 0. The van der Waals surface area contributed by atoms with Crippen molar-refractivity contribution in [2.75, 3.05) is 9.80 Å². The standard InChI is InChI=1S/C108H74N4/c1-9-26-75(27-10-1)81-44-56-92(57-45-81)109(93-58-46-82(47-59-93)76-28-11-2-12-29-76)96-68-89(69-97(74-96)110(94-60-48-83(49-61-94)77-30-13-3-14-31-77)95-62-50-84(51-63-95)78-32-15-4-16-33-78)99-43-25-42-98(87-54-66-106-102(72-87)100-70-85(79-34-17-5-18-35-79)52-64-104(100)111(106)90-38-21-7-22-39-90)108(99)88-55-67-107-103(73-88)101-71-86(80-36-19-6-20-37-80)53-65-105(101)112(107)91-40-23-8-24-41-91/h1-74H. The van der Waals surface area contributed by atoms with Crippen LogP contribution >= 0.6 is 0 Å². The van der Waals surface area contributed by atoms with Crippen LogP contribution in [0.4, 0.5) is 34.1 Å². The molecule has 0 aliphatic rings. The maximum Gasteiger partial charge on any atom is 0.0541 e. The Hall–Kier alpha value is -14.8. The van der Waals surface area contributed by atoms with Gasteiger partial charge in [-0.15, -0.1) is 0 Å². The number of nitrogens with zero attached hydrogens (tertiary/aromatic N) is 4. The van der Waals surface area contributed by atoms with Gasteiger partial charge in [0.15, 0.2) is 0 Å². The molecule has 0 radical (unpaired) electrons. The van der Waals surface area contributed by atoms with E-state index in [1.54, 1.807) is 0 Å². The summed E-state index contributed by atoms with van der Waals surface area (Å²) in [5.74, 6) is 0. The first-order valence-electron chi connectivity index (χ1n) is 38.4. The first-order chi connectivity index (χ1) is 55.5. The number of fused-ring (bicyclic) bond motifs is 6. The number of benzene rings is 18. The molecule has 526 valence electrons. The highest BCUT2D eigenvalue weighted by molar-refractivity contribution is 6.15. The SMILES string of the molecule is c1ccc(-c2ccc(N(c3ccc(-c4ccccc4)cc3)c3cc(-c4cccc(-c5ccc6c(c5)c5cc(-c7ccccc7)ccc5n6-c5ccccc5)c4-c4ccc5c(c4)c4cc(-c6ccccc6)ccc4n5-c4ccccc4)cc(N(c4ccc(-c5ccccc5)cc4)c4ccc(-c5ccccc5)cc4)c3)cc2)cc1. The maximum absolute atomic E-state index is 2.48. The number of aromatic nitrogens is 2. The minimum atomic E-state index is 0.981. The molecular formula is C108H74N4. The minimum absolute atomic E-state index is 0.981. The topological polar surface area (TPSA) is 16.3 Å². The Morgan fingerprint density at radius 3 is 0.688 bits per heavy atom. The van der Waals surface area contributed by atoms with E-state index in [4.69, 9.17) is 0 Å². The fourth-order valence-corrected chi connectivity index (χ4v) is 16.7. The molecule has 4 nitrogen and oxygen atoms in total. The smallest absolute Gasteiger partial charge is 0.0541 e. The van der Waals surface area contributed by atoms with Crippen molar-refractivity contribution in [1.82, 2.24) is 9.13 Å². The molecule has 2 aromatic heterocycles. The van der Waals surface area contributed by atoms with E-state index in [2.05, 4.69) is 468 Å². The van der Waals surface area contributed by atoms with Crippen LogP contribution in [0.3, 0.4) is 0 Å². The van der Waals surface area contributed by atoms with Crippen LogP contribution in [0.5, 0.6) is 0 Å². The van der Waals surface area contributed by atoms with Crippen LogP contribution in [0.25, 0.3) is 155 Å². The number of hydrogen-bond acceptors (Lipinski definition) is 2. The zero-order valence-electron chi connectivity index (χ0n) is 61.5. The molecular weight excluding hydrogens is 1350 g/mol. The average Bonchev–Trinajstić information content (AvgIpc) is 1.49. The molecule has 0 aliphatic carbocycles. The zero-order valence-corrected chi connectivity index (χ0v) is 61.5. The molecule has 0 bridgehead atoms. The second kappa shape index (κ2) is 29.0. The Labute approximate surface area is 652 Å². The van der Waals surface area contributed by atoms with Crippen molar-refractivity contribution < 1.29 is 0 Å². The highest BCUT2D eigenvalue weighted by Crippen LogP contribution is 2.50. The molecule has 0 N–H and O–H groups in total. The predicted molar refractivity (Wildman–Crippen MR) is 473 cm³/mol. The second-order valence-corrected chi connectivity index (χ2v) is 28.8. The Morgan fingerprint density at radius 2 is 0.375 bits per heavy atom. The quantitative estimate of drug-likeness (QED) is 0.0903. The summed E-state index contributed by atoms with van der Waals surface area (Å²) in [6.45, 7) is 0. The molecule has 18 aromatic carbocycles. The van der Waals surface area contributed by atoms with Gasteiger partial charge in [-0.25, -0.2) is 0 Å². The van der Waals surface area contributed by atoms with Crippen molar-refractivity contribution in [3.8, 4) is 112 Å². The third-order valence-corrected chi connectivity index (χ3v) is 22.1. The van der Waals surface area contributed by atoms with E-state index in [0.717, 1.165) is 156 Å². The van der Waals surface area contributed by atoms with Crippen LogP contribution < -0.4 is 9.80 Å². The lowest BCUT2D eigenvalue weighted by atomic mass is 9.86. The Bertz CT molecular complexity index is 6410. The van der Waals surface area contributed by atoms with Gasteiger partial charge in [-0.05, 0) is 240 Å². The molecule has 20 rings (SSSR count). The Balaban J connectivity index is 0.875. The molecule has 0 saturated heterocycles. The van der Waals surface area contributed by atoms with Gasteiger partial charge in [-0.2, -0.15) is 0 Å². The molecule has 0 unspecified atom stereocenters. The molecule has 112 heavy (non-hydrogen) atoms. The normalized spacial score (nSPS) is 11.4. The number of rotatable bonds is 17. The Kier molecular flexibility index (Phi) is 17.3. The van der Waals surface area contributed by atoms with E-state index < -0.39 is 0 Å². The molecule has 0 atom stereocenters. The summed E-state index contributed by atoms with van der Waals surface area (Å²) < 4.78 is 4.87. The third kappa shape index (κ3) is 12.6. The van der Waals surface area contributed by atoms with Gasteiger partial charge in [0.2, 0.25) is 0 Å². The lowest BCUT2D eigenvalue weighted by molar-refractivity contribution is 1.18. The lowest BCUT2D eigenvalue weighted by Gasteiger charge is -2.31. The summed E-state index contributed by atoms with van der Waals surface area (Å²) in [4.78, 5) is 4.90. The first kappa shape index (κ1) is 66.6. The summed E-state index contributed by atoms with van der Waals surface area (Å²) in [5, 5.41) is 4.69. The van der Waals surface area contributed by atoms with Gasteiger partial charge < -0.3 is 18.9 Å². The maximum atomic E-state index is 2.48. The summed E-state index contributed by atoms with van der Waals surface area (Å²) in [5.41, 5.74) is 33.2. The van der Waals surface area contributed by atoms with Crippen molar-refractivity contribution in [3.63, 3.8) is 0 Å². The molecule has 0 saturated carbocycles. The van der Waals surface area contributed by atoms with Gasteiger partial charge in [0.05, 0.1) is 22.1 Å². The second-order valence-electron chi connectivity index (χ2n) is 28.8. The van der Waals surface area contributed by atoms with Crippen molar-refractivity contribution in [1.29, 1.82) is 0 Å². The van der Waals surface area contributed by atoms with Gasteiger partial charge in [0.1, 0.15) is 0 Å². The zero-order chi connectivity index (χ0) is 74.3. The summed E-state index contributed by atoms with van der Waals surface area (Å²) in [6, 6.07) is 165. The van der Waals surface area contributed by atoms with E-state index >= 15 is 0 Å². The molecule has 0 fully saturated rings. The lowest BCUT2D eigenvalue weighted by Crippen LogP contribution is -2.14. The monoisotopic (exact) mass is 1430 g/mol. The fraction of sp³-hybridized carbons (Fsp3) is 0. The molecule has 4 heteroatoms. The van der Waals surface area contributed by atoms with E-state index in [-0.39, 0.29) is 0 Å². The van der Waals surface area contributed by atoms with Crippen molar-refractivity contribution in [2.24, 2.45) is 0 Å². The minimum Gasteiger partial charge on any atom is -0.310 e. The van der Waals surface area contributed by atoms with Crippen LogP contribution in [0.15, 0.2) is 449 Å². The Morgan fingerprint density at radius 1 is 0.143 bits per heavy atom. The first-order valence-corrected chi connectivity index (χ1v) is 38.4. The summed E-state index contributed by atoms with van der Waals surface area (Å²) in [6.07, 6.45) is 0. The fourth-order valence-electron chi connectivity index (χ4n) is 16.7. The third-order valence-electron chi connectivity index (χ3n) is 22.1. The van der Waals surface area contributed by atoms with Crippen molar-refractivity contribution in [2.45, 2.75) is 0 Å². The van der Waals surface area contributed by atoms with Gasteiger partial charge >= 0.3 is 0 Å².